The highest BCUT2D eigenvalue weighted by Crippen LogP contribution is 2.15. The number of rotatable bonds is 3. The molecule has 0 spiro atoms. The van der Waals surface area contributed by atoms with E-state index in [9.17, 15) is 4.79 Å². The topological polar surface area (TPSA) is 79.0 Å². The van der Waals surface area contributed by atoms with Crippen LogP contribution in [0.25, 0.3) is 0 Å². The molecule has 0 atom stereocenters. The van der Waals surface area contributed by atoms with Crippen molar-refractivity contribution < 1.29 is 4.79 Å². The van der Waals surface area contributed by atoms with Gasteiger partial charge in [-0.15, -0.1) is 0 Å². The molecular formula is C12H17N3O. The number of nitrogen functional groups attached to an aromatic ring is 1. The van der Waals surface area contributed by atoms with Crippen LogP contribution in [-0.4, -0.2) is 11.7 Å². The molecule has 1 amide bonds. The number of nitrogens with two attached hydrogens (primary N) is 1. The number of nitrogens with one attached hydrogen (secondary N) is 2. The van der Waals surface area contributed by atoms with Gasteiger partial charge in [0, 0.05) is 17.2 Å². The van der Waals surface area contributed by atoms with Gasteiger partial charge in [0.15, 0.2) is 0 Å². The summed E-state index contributed by atoms with van der Waals surface area (Å²) in [5.74, 6) is -0.0259. The largest absolute Gasteiger partial charge is 0.384 e. The first-order valence-corrected chi connectivity index (χ1v) is 5.17. The van der Waals surface area contributed by atoms with Crippen LogP contribution in [0.3, 0.4) is 0 Å². The summed E-state index contributed by atoms with van der Waals surface area (Å²) in [5.41, 5.74) is 7.73. The quantitative estimate of drug-likeness (QED) is 0.536. The van der Waals surface area contributed by atoms with Crippen LogP contribution >= 0.6 is 0 Å². The normalized spacial score (nSPS) is 10.2. The molecule has 16 heavy (non-hydrogen) atoms. The SMILES string of the molecule is Cc1cc(NC(=O)C(C)C)ccc1C(=N)N. The second-order valence-electron chi connectivity index (χ2n) is 4.09. The van der Waals surface area contributed by atoms with Gasteiger partial charge in [0.1, 0.15) is 5.84 Å². The maximum absolute atomic E-state index is 11.5. The molecule has 1 aromatic rings. The van der Waals surface area contributed by atoms with E-state index in [1.54, 1.807) is 12.1 Å². The number of amides is 1. The minimum absolute atomic E-state index is 0.0185. The minimum atomic E-state index is -0.0483. The van der Waals surface area contributed by atoms with Crippen molar-refractivity contribution in [2.75, 3.05) is 5.32 Å². The number of benzene rings is 1. The van der Waals surface area contributed by atoms with Crippen molar-refractivity contribution in [3.05, 3.63) is 29.3 Å². The fraction of sp³-hybridized carbons (Fsp3) is 0.333. The predicted octanol–water partition coefficient (Wildman–Crippen LogP) is 1.87. The van der Waals surface area contributed by atoms with Crippen LogP contribution in [0.15, 0.2) is 18.2 Å². The van der Waals surface area contributed by atoms with Crippen LogP contribution in [0.1, 0.15) is 25.0 Å². The van der Waals surface area contributed by atoms with Gasteiger partial charge in [0.25, 0.3) is 0 Å². The van der Waals surface area contributed by atoms with E-state index in [0.717, 1.165) is 11.3 Å². The lowest BCUT2D eigenvalue weighted by Gasteiger charge is -2.10. The summed E-state index contributed by atoms with van der Waals surface area (Å²) in [6.07, 6.45) is 0. The van der Waals surface area contributed by atoms with Crippen LogP contribution in [0.2, 0.25) is 0 Å². The maximum atomic E-state index is 11.5. The number of carbonyl (C=O) groups is 1. The van der Waals surface area contributed by atoms with Gasteiger partial charge in [0.05, 0.1) is 0 Å². The molecule has 0 aliphatic rings. The third kappa shape index (κ3) is 2.82. The maximum Gasteiger partial charge on any atom is 0.226 e. The molecule has 0 saturated heterocycles. The van der Waals surface area contributed by atoms with Crippen molar-refractivity contribution in [1.29, 1.82) is 5.41 Å². The van der Waals surface area contributed by atoms with E-state index in [1.165, 1.54) is 0 Å². The van der Waals surface area contributed by atoms with Gasteiger partial charge in [-0.3, -0.25) is 10.2 Å². The van der Waals surface area contributed by atoms with Crippen molar-refractivity contribution in [2.45, 2.75) is 20.8 Å². The van der Waals surface area contributed by atoms with Gasteiger partial charge >= 0.3 is 0 Å². The van der Waals surface area contributed by atoms with E-state index >= 15 is 0 Å². The molecule has 0 aliphatic heterocycles. The number of anilines is 1. The Hall–Kier alpha value is -1.84. The highest BCUT2D eigenvalue weighted by atomic mass is 16.1. The van der Waals surface area contributed by atoms with Gasteiger partial charge in [0.2, 0.25) is 5.91 Å². The van der Waals surface area contributed by atoms with E-state index in [4.69, 9.17) is 11.1 Å². The van der Waals surface area contributed by atoms with Crippen molar-refractivity contribution in [3.8, 4) is 0 Å². The second kappa shape index (κ2) is 4.79. The molecule has 86 valence electrons. The predicted molar refractivity (Wildman–Crippen MR) is 65.7 cm³/mol. The zero-order chi connectivity index (χ0) is 12.3. The number of hydrogen-bond acceptors (Lipinski definition) is 2. The second-order valence-corrected chi connectivity index (χ2v) is 4.09. The number of hydrogen-bond donors (Lipinski definition) is 3. The molecule has 0 radical (unpaired) electrons. The summed E-state index contributed by atoms with van der Waals surface area (Å²) < 4.78 is 0. The molecule has 0 unspecified atom stereocenters. The van der Waals surface area contributed by atoms with E-state index < -0.39 is 0 Å². The highest BCUT2D eigenvalue weighted by Gasteiger charge is 2.08. The van der Waals surface area contributed by atoms with E-state index in [1.807, 2.05) is 26.8 Å². The first-order chi connectivity index (χ1) is 7.41. The molecule has 0 fully saturated rings. The molecule has 1 rings (SSSR count). The number of aryl methyl sites for hydroxylation is 1. The lowest BCUT2D eigenvalue weighted by Crippen LogP contribution is -2.18. The van der Waals surface area contributed by atoms with Crippen LogP contribution in [0.5, 0.6) is 0 Å². The first-order valence-electron chi connectivity index (χ1n) is 5.17. The third-order valence-electron chi connectivity index (χ3n) is 2.31. The minimum Gasteiger partial charge on any atom is -0.384 e. The standard InChI is InChI=1S/C12H17N3O/c1-7(2)12(16)15-9-4-5-10(11(13)14)8(3)6-9/h4-7H,1-3H3,(H3,13,14)(H,15,16). The molecular weight excluding hydrogens is 202 g/mol. The van der Waals surface area contributed by atoms with Gasteiger partial charge < -0.3 is 11.1 Å². The molecule has 4 heteroatoms. The summed E-state index contributed by atoms with van der Waals surface area (Å²) in [6, 6.07) is 5.31. The highest BCUT2D eigenvalue weighted by molar-refractivity contribution is 5.98. The van der Waals surface area contributed by atoms with Crippen LogP contribution in [-0.2, 0) is 4.79 Å². The van der Waals surface area contributed by atoms with E-state index in [0.29, 0.717) is 5.56 Å². The van der Waals surface area contributed by atoms with Gasteiger partial charge in [-0.1, -0.05) is 13.8 Å². The Kier molecular flexibility index (Phi) is 3.66. The van der Waals surface area contributed by atoms with Crippen molar-refractivity contribution in [3.63, 3.8) is 0 Å². The Balaban J connectivity index is 2.90. The van der Waals surface area contributed by atoms with Crippen molar-refractivity contribution in [1.82, 2.24) is 0 Å². The molecule has 0 aliphatic carbocycles. The Morgan fingerprint density at radius 3 is 2.50 bits per heavy atom. The fourth-order valence-corrected chi connectivity index (χ4v) is 1.33. The summed E-state index contributed by atoms with van der Waals surface area (Å²) in [7, 11) is 0. The molecule has 0 heterocycles. The Morgan fingerprint density at radius 1 is 1.44 bits per heavy atom. The first kappa shape index (κ1) is 12.2. The van der Waals surface area contributed by atoms with Gasteiger partial charge in [-0.25, -0.2) is 0 Å². The van der Waals surface area contributed by atoms with Gasteiger partial charge in [-0.2, -0.15) is 0 Å². The van der Waals surface area contributed by atoms with Crippen LogP contribution < -0.4 is 11.1 Å². The summed E-state index contributed by atoms with van der Waals surface area (Å²) >= 11 is 0. The third-order valence-corrected chi connectivity index (χ3v) is 2.31. The summed E-state index contributed by atoms with van der Waals surface area (Å²) in [6.45, 7) is 5.54. The monoisotopic (exact) mass is 219 g/mol. The van der Waals surface area contributed by atoms with Crippen molar-refractivity contribution >= 4 is 17.4 Å². The number of carbonyl (C=O) groups excluding carboxylic acids is 1. The number of amidine groups is 1. The fourth-order valence-electron chi connectivity index (χ4n) is 1.33. The molecule has 1 aromatic carbocycles. The average molecular weight is 219 g/mol. The van der Waals surface area contributed by atoms with E-state index in [-0.39, 0.29) is 17.7 Å². The zero-order valence-corrected chi connectivity index (χ0v) is 9.79. The van der Waals surface area contributed by atoms with Gasteiger partial charge in [-0.05, 0) is 30.7 Å². The Bertz CT molecular complexity index is 424. The molecule has 0 bridgehead atoms. The summed E-state index contributed by atoms with van der Waals surface area (Å²) in [4.78, 5) is 11.5. The molecule has 0 aromatic heterocycles. The Morgan fingerprint density at radius 2 is 2.06 bits per heavy atom. The molecule has 4 nitrogen and oxygen atoms in total. The van der Waals surface area contributed by atoms with Crippen molar-refractivity contribution in [2.24, 2.45) is 11.7 Å². The van der Waals surface area contributed by atoms with E-state index in [2.05, 4.69) is 5.32 Å². The van der Waals surface area contributed by atoms with Crippen LogP contribution in [0, 0.1) is 18.3 Å². The van der Waals surface area contributed by atoms with Crippen LogP contribution in [0.4, 0.5) is 5.69 Å². The molecule has 0 saturated carbocycles. The summed E-state index contributed by atoms with van der Waals surface area (Å²) in [5, 5.41) is 10.1. The zero-order valence-electron chi connectivity index (χ0n) is 9.79. The average Bonchev–Trinajstić information content (AvgIpc) is 2.16. The lowest BCUT2D eigenvalue weighted by atomic mass is 10.1. The molecule has 4 N–H and O–H groups in total. The lowest BCUT2D eigenvalue weighted by molar-refractivity contribution is -0.118. The Labute approximate surface area is 95.4 Å². The smallest absolute Gasteiger partial charge is 0.226 e.